The van der Waals surface area contributed by atoms with Crippen molar-refractivity contribution in [3.63, 3.8) is 0 Å². The third kappa shape index (κ3) is 9.57. The number of carbonyl (C=O) groups is 3. The first-order valence-corrected chi connectivity index (χ1v) is 20.5. The lowest BCUT2D eigenvalue weighted by Gasteiger charge is -2.38. The number of fused-ring (bicyclic) bond motifs is 14. The largest absolute Gasteiger partial charge is 0.507 e. The van der Waals surface area contributed by atoms with Crippen molar-refractivity contribution in [2.45, 2.75) is 92.2 Å². The average molecular weight is 910 g/mol. The molecule has 0 unspecified atom stereocenters. The summed E-state index contributed by atoms with van der Waals surface area (Å²) in [5, 5.41) is 64.2. The Morgan fingerprint density at radius 1 is 0.951 bits per heavy atom. The highest BCUT2D eigenvalue weighted by Gasteiger charge is 2.50. The molecule has 0 spiro atoms. The zero-order valence-electron chi connectivity index (χ0n) is 35.4. The summed E-state index contributed by atoms with van der Waals surface area (Å²) in [6.07, 6.45) is 4.45. The predicted molar refractivity (Wildman–Crippen MR) is 230 cm³/mol. The number of oxime groups is 1. The van der Waals surface area contributed by atoms with E-state index in [0.29, 0.717) is 0 Å². The number of phenolic OH excluding ortho intramolecular Hbond substituents is 3. The number of Topliss-reactive ketones (excluding diaryl/α,β-unsaturated/α-hetero) is 1. The zero-order valence-corrected chi connectivity index (χ0v) is 37.0. The topological polar surface area (TPSA) is 223 Å². The van der Waals surface area contributed by atoms with Crippen LogP contribution in [0.1, 0.15) is 75.5 Å². The van der Waals surface area contributed by atoms with Crippen LogP contribution in [-0.2, 0) is 35.2 Å². The molecule has 6 rings (SSSR count). The summed E-state index contributed by atoms with van der Waals surface area (Å²) in [5.41, 5.74) is 0.0678. The fraction of sp³-hybridized carbons (Fsp3) is 0.422. The molecule has 0 aliphatic carbocycles. The summed E-state index contributed by atoms with van der Waals surface area (Å²) >= 11 is 3.38. The number of amides is 1. The molecule has 0 aromatic heterocycles. The number of phenols is 3. The Labute approximate surface area is 362 Å². The number of halogens is 1. The van der Waals surface area contributed by atoms with Crippen LogP contribution in [0.25, 0.3) is 10.8 Å². The lowest BCUT2D eigenvalue weighted by atomic mass is 9.78. The van der Waals surface area contributed by atoms with Crippen molar-refractivity contribution in [2.75, 3.05) is 12.4 Å². The second-order valence-electron chi connectivity index (χ2n) is 15.8. The summed E-state index contributed by atoms with van der Waals surface area (Å²) < 4.78 is 24.4. The molecule has 0 saturated heterocycles. The number of nitrogens with one attached hydrogen (secondary N) is 1. The Hall–Kier alpha value is -5.42. The molecule has 9 atom stereocenters. The van der Waals surface area contributed by atoms with E-state index in [9.17, 15) is 39.9 Å². The van der Waals surface area contributed by atoms with Crippen LogP contribution in [0.5, 0.6) is 23.0 Å². The van der Waals surface area contributed by atoms with Gasteiger partial charge in [-0.05, 0) is 37.6 Å². The number of methoxy groups -OCH3 is 1. The third-order valence-electron chi connectivity index (χ3n) is 11.4. The van der Waals surface area contributed by atoms with Crippen LogP contribution >= 0.6 is 15.9 Å². The van der Waals surface area contributed by atoms with Gasteiger partial charge in [0.1, 0.15) is 30.0 Å². The van der Waals surface area contributed by atoms with Crippen molar-refractivity contribution in [1.29, 1.82) is 0 Å². The predicted octanol–water partition coefficient (Wildman–Crippen LogP) is 7.07. The molecule has 5 bridgehead atoms. The van der Waals surface area contributed by atoms with Crippen LogP contribution in [0.2, 0.25) is 0 Å². The van der Waals surface area contributed by atoms with Crippen LogP contribution in [0, 0.1) is 30.6 Å². The molecule has 3 aliphatic heterocycles. The van der Waals surface area contributed by atoms with Crippen molar-refractivity contribution in [1.82, 2.24) is 0 Å². The molecule has 1 amide bonds. The minimum Gasteiger partial charge on any atom is -0.507 e. The first kappa shape index (κ1) is 46.6. The normalized spacial score (nSPS) is 28.9. The monoisotopic (exact) mass is 908 g/mol. The maximum absolute atomic E-state index is 14.4. The maximum atomic E-state index is 14.4. The van der Waals surface area contributed by atoms with Gasteiger partial charge in [0.2, 0.25) is 0 Å². The molecule has 0 fully saturated rings. The van der Waals surface area contributed by atoms with E-state index < -0.39 is 88.8 Å². The number of carbonyl (C=O) groups excluding carboxylic acids is 3. The van der Waals surface area contributed by atoms with Gasteiger partial charge < -0.3 is 54.6 Å². The molecule has 16 heteroatoms. The molecule has 0 saturated carbocycles. The van der Waals surface area contributed by atoms with Gasteiger partial charge in [0.15, 0.2) is 5.75 Å². The lowest BCUT2D eigenvalue weighted by molar-refractivity contribution is -0.160. The number of ether oxygens (including phenoxy) is 4. The van der Waals surface area contributed by atoms with Crippen LogP contribution < -0.4 is 10.1 Å². The van der Waals surface area contributed by atoms with E-state index in [1.807, 2.05) is 12.1 Å². The number of benzene rings is 3. The molecule has 3 heterocycles. The van der Waals surface area contributed by atoms with E-state index in [0.717, 1.165) is 16.3 Å². The van der Waals surface area contributed by atoms with Gasteiger partial charge >= 0.3 is 11.8 Å². The van der Waals surface area contributed by atoms with Gasteiger partial charge in [-0.15, -0.1) is 0 Å². The number of rotatable bonds is 6. The molecular formula is C45H53BrN2O13. The van der Waals surface area contributed by atoms with Crippen LogP contribution in [0.15, 0.2) is 70.0 Å². The van der Waals surface area contributed by atoms with Gasteiger partial charge in [-0.3, -0.25) is 14.4 Å². The molecule has 0 radical (unpaired) electrons. The number of esters is 1. The lowest BCUT2D eigenvalue weighted by Crippen LogP contribution is -2.46. The molecule has 3 aliphatic rings. The van der Waals surface area contributed by atoms with Gasteiger partial charge in [0.25, 0.3) is 11.7 Å². The minimum absolute atomic E-state index is 0.0158. The second-order valence-corrected chi connectivity index (χ2v) is 16.7. The first-order valence-electron chi connectivity index (χ1n) is 19.7. The van der Waals surface area contributed by atoms with Crippen molar-refractivity contribution < 1.29 is 63.7 Å². The van der Waals surface area contributed by atoms with Crippen molar-refractivity contribution in [3.8, 4) is 23.0 Å². The molecule has 6 N–H and O–H groups in total. The van der Waals surface area contributed by atoms with E-state index in [1.54, 1.807) is 52.0 Å². The Morgan fingerprint density at radius 3 is 2.26 bits per heavy atom. The number of hydrogen-bond donors (Lipinski definition) is 6. The zero-order chi connectivity index (χ0) is 45.1. The summed E-state index contributed by atoms with van der Waals surface area (Å²) in [6, 6.07) is 7.25. The molecule has 3 aromatic carbocycles. The molecule has 61 heavy (non-hydrogen) atoms. The summed E-state index contributed by atoms with van der Waals surface area (Å²) in [6.45, 7) is 12.4. The Bertz CT molecular complexity index is 2290. The van der Waals surface area contributed by atoms with Crippen molar-refractivity contribution in [3.05, 3.63) is 87.1 Å². The van der Waals surface area contributed by atoms with E-state index in [-0.39, 0.29) is 51.1 Å². The highest BCUT2D eigenvalue weighted by molar-refractivity contribution is 9.10. The summed E-state index contributed by atoms with van der Waals surface area (Å²) in [4.78, 5) is 46.0. The van der Waals surface area contributed by atoms with Crippen LogP contribution in [-0.4, -0.2) is 86.7 Å². The maximum Gasteiger partial charge on any atom is 0.312 e. The number of allylic oxidation sites excluding steroid dienone is 2. The van der Waals surface area contributed by atoms with E-state index >= 15 is 0 Å². The van der Waals surface area contributed by atoms with Gasteiger partial charge in [0.05, 0.1) is 53.0 Å². The number of nitrogens with zero attached hydrogens (tertiary/aromatic N) is 1. The highest BCUT2D eigenvalue weighted by atomic mass is 79.9. The number of aliphatic hydroxyl groups excluding tert-OH is 2. The van der Waals surface area contributed by atoms with Gasteiger partial charge in [-0.2, -0.15) is 0 Å². The molecule has 15 nitrogen and oxygen atoms in total. The number of anilines is 1. The first-order chi connectivity index (χ1) is 28.7. The Balaban J connectivity index is 1.68. The number of ketones is 1. The fourth-order valence-corrected chi connectivity index (χ4v) is 7.92. The fourth-order valence-electron chi connectivity index (χ4n) is 7.65. The molecule has 3 aromatic rings. The number of aromatic hydroxyl groups is 3. The number of hydrogen-bond acceptors (Lipinski definition) is 14. The highest BCUT2D eigenvalue weighted by Crippen LogP contribution is 2.55. The third-order valence-corrected chi connectivity index (χ3v) is 12.0. The van der Waals surface area contributed by atoms with E-state index in [2.05, 4.69) is 26.4 Å². The quantitative estimate of drug-likeness (QED) is 0.0480. The van der Waals surface area contributed by atoms with Crippen molar-refractivity contribution in [2.24, 2.45) is 28.8 Å². The number of aliphatic hydroxyl groups is 2. The van der Waals surface area contributed by atoms with Crippen LogP contribution in [0.4, 0.5) is 5.69 Å². The molecule has 328 valence electrons. The second kappa shape index (κ2) is 19.1. The Kier molecular flexibility index (Phi) is 14.6. The Morgan fingerprint density at radius 2 is 1.62 bits per heavy atom. The standard InChI is InChI=1S/C45H53BrN2O13/c1-21-11-10-12-22(2)44(56)48-35-30(19-47-59-20-28-13-15-29(46)16-14-28)39(53)32-33(40(35)54)38(52)26(6)42-34(32)43(55)45(8,61-42)58-18-17-31(57-9)23(3)41(60-27(7)49)25(5)37(51)24(4)36(21)50/h10-19,21,23-25,31,36-37,41,50-54H,20H2,1-9H3,(H,48,56)/b11-10-,18-17?,22-12-,47-19+/t21-,23+,24+,25+,31-,36-,37+,41+,45-/m0/s1. The SMILES string of the molecule is CO[C@H]1C=CO[C@@]2(C)Oc3c(C)c(O)c4c(O)c(c(/C=N/OCc5ccc(Br)cc5)c(O)c4c3C2=O)NC(=O)/C(C)=C\C=C/[C@H](C)[C@H](O)[C@@H](C)[C@@H](O)[C@@H](C)[C@H](OC(C)=O)[C@@H]1C. The van der Waals surface area contributed by atoms with Crippen molar-refractivity contribution >= 4 is 56.3 Å². The summed E-state index contributed by atoms with van der Waals surface area (Å²) in [5.74, 6) is -8.77. The smallest absolute Gasteiger partial charge is 0.312 e. The van der Waals surface area contributed by atoms with Crippen LogP contribution in [0.3, 0.4) is 0 Å². The summed E-state index contributed by atoms with van der Waals surface area (Å²) in [7, 11) is 1.43. The van der Waals surface area contributed by atoms with Gasteiger partial charge in [-0.25, -0.2) is 0 Å². The van der Waals surface area contributed by atoms with Gasteiger partial charge in [-0.1, -0.05) is 79.1 Å². The van der Waals surface area contributed by atoms with E-state index in [4.69, 9.17) is 23.8 Å². The molecular weight excluding hydrogens is 856 g/mol. The minimum atomic E-state index is -2.08. The van der Waals surface area contributed by atoms with Gasteiger partial charge in [0, 0.05) is 65.6 Å². The van der Waals surface area contributed by atoms with E-state index in [1.165, 1.54) is 53.2 Å². The average Bonchev–Trinajstić information content (AvgIpc) is 3.49.